The summed E-state index contributed by atoms with van der Waals surface area (Å²) >= 11 is 0. The molecule has 0 bridgehead atoms. The minimum atomic E-state index is -0.273. The molecule has 5 nitrogen and oxygen atoms in total. The van der Waals surface area contributed by atoms with Crippen LogP contribution < -0.4 is 5.32 Å². The fourth-order valence-electron chi connectivity index (χ4n) is 2.76. The van der Waals surface area contributed by atoms with Gasteiger partial charge in [-0.1, -0.05) is 19.8 Å². The van der Waals surface area contributed by atoms with Crippen LogP contribution in [-0.2, 0) is 14.3 Å². The molecule has 1 N–H and O–H groups in total. The third-order valence-electron chi connectivity index (χ3n) is 4.17. The molecule has 0 aliphatic heterocycles. The van der Waals surface area contributed by atoms with Crippen LogP contribution in [0.25, 0.3) is 0 Å². The lowest BCUT2D eigenvalue weighted by molar-refractivity contribution is -0.145. The minimum absolute atomic E-state index is 0.00625. The van der Waals surface area contributed by atoms with Crippen LogP contribution in [0.15, 0.2) is 0 Å². The van der Waals surface area contributed by atoms with Gasteiger partial charge in [-0.3, -0.25) is 14.5 Å². The fraction of sp³-hybridized carbons (Fsp3) is 0.875. The molecule has 0 radical (unpaired) electrons. The molecule has 5 heteroatoms. The summed E-state index contributed by atoms with van der Waals surface area (Å²) in [5.74, 6) is 0.275. The largest absolute Gasteiger partial charge is 0.465 e. The molecule has 1 aliphatic rings. The maximum atomic E-state index is 12.2. The van der Waals surface area contributed by atoms with Gasteiger partial charge in [-0.15, -0.1) is 0 Å². The molecule has 2 atom stereocenters. The van der Waals surface area contributed by atoms with Crippen LogP contribution in [-0.4, -0.2) is 48.6 Å². The van der Waals surface area contributed by atoms with Gasteiger partial charge in [-0.2, -0.15) is 0 Å². The third kappa shape index (κ3) is 6.46. The molecular formula is C16H30N2O3. The summed E-state index contributed by atoms with van der Waals surface area (Å²) in [4.78, 5) is 25.6. The van der Waals surface area contributed by atoms with Crippen molar-refractivity contribution in [3.8, 4) is 0 Å². The van der Waals surface area contributed by atoms with Gasteiger partial charge in [0.1, 0.15) is 0 Å². The van der Waals surface area contributed by atoms with Gasteiger partial charge in [0.2, 0.25) is 5.91 Å². The van der Waals surface area contributed by atoms with Crippen molar-refractivity contribution in [1.29, 1.82) is 0 Å². The Morgan fingerprint density at radius 2 is 1.90 bits per heavy atom. The highest BCUT2D eigenvalue weighted by Gasteiger charge is 2.24. The Kier molecular flexibility index (Phi) is 7.72. The SMILES string of the molecule is CCOC(=O)CN(CC(=O)NC1CCCCC1C)C(C)C. The van der Waals surface area contributed by atoms with Crippen molar-refractivity contribution >= 4 is 11.9 Å². The summed E-state index contributed by atoms with van der Waals surface area (Å²) in [5, 5.41) is 3.13. The molecule has 1 rings (SSSR count). The van der Waals surface area contributed by atoms with Gasteiger partial charge in [0.25, 0.3) is 0 Å². The van der Waals surface area contributed by atoms with Crippen molar-refractivity contribution in [2.75, 3.05) is 19.7 Å². The van der Waals surface area contributed by atoms with Gasteiger partial charge in [-0.05, 0) is 39.5 Å². The first kappa shape index (κ1) is 18.0. The summed E-state index contributed by atoms with van der Waals surface area (Å²) in [7, 11) is 0. The average Bonchev–Trinajstić information content (AvgIpc) is 2.41. The summed E-state index contributed by atoms with van der Waals surface area (Å²) in [6.07, 6.45) is 4.69. The van der Waals surface area contributed by atoms with Crippen LogP contribution >= 0.6 is 0 Å². The molecule has 0 aromatic heterocycles. The van der Waals surface area contributed by atoms with Crippen LogP contribution in [0, 0.1) is 5.92 Å². The number of rotatable bonds is 7. The normalized spacial score (nSPS) is 22.4. The minimum Gasteiger partial charge on any atom is -0.465 e. The van der Waals surface area contributed by atoms with E-state index in [1.807, 2.05) is 18.7 Å². The predicted molar refractivity (Wildman–Crippen MR) is 82.9 cm³/mol. The number of nitrogens with zero attached hydrogens (tertiary/aromatic N) is 1. The molecule has 2 unspecified atom stereocenters. The molecule has 0 heterocycles. The molecule has 0 saturated heterocycles. The van der Waals surface area contributed by atoms with E-state index in [0.29, 0.717) is 12.5 Å². The monoisotopic (exact) mass is 298 g/mol. The van der Waals surface area contributed by atoms with Gasteiger partial charge in [0.15, 0.2) is 0 Å². The topological polar surface area (TPSA) is 58.6 Å². The van der Waals surface area contributed by atoms with Crippen LogP contribution in [0.1, 0.15) is 53.4 Å². The number of esters is 1. The van der Waals surface area contributed by atoms with E-state index in [2.05, 4.69) is 12.2 Å². The van der Waals surface area contributed by atoms with E-state index in [0.717, 1.165) is 6.42 Å². The van der Waals surface area contributed by atoms with Crippen LogP contribution in [0.2, 0.25) is 0 Å². The third-order valence-corrected chi connectivity index (χ3v) is 4.17. The lowest BCUT2D eigenvalue weighted by atomic mass is 9.86. The highest BCUT2D eigenvalue weighted by molar-refractivity contribution is 5.79. The first-order chi connectivity index (χ1) is 9.93. The maximum Gasteiger partial charge on any atom is 0.320 e. The Labute approximate surface area is 128 Å². The van der Waals surface area contributed by atoms with E-state index in [1.54, 1.807) is 6.92 Å². The number of hydrogen-bond donors (Lipinski definition) is 1. The van der Waals surface area contributed by atoms with Gasteiger partial charge in [-0.25, -0.2) is 0 Å². The van der Waals surface area contributed by atoms with Crippen molar-refractivity contribution in [3.05, 3.63) is 0 Å². The second-order valence-corrected chi connectivity index (χ2v) is 6.24. The number of amides is 1. The number of carbonyl (C=O) groups is 2. The first-order valence-electron chi connectivity index (χ1n) is 8.13. The standard InChI is InChI=1S/C16H30N2O3/c1-5-21-16(20)11-18(12(2)3)10-15(19)17-14-9-7-6-8-13(14)4/h12-14H,5-11H2,1-4H3,(H,17,19). The molecule has 1 aliphatic carbocycles. The smallest absolute Gasteiger partial charge is 0.320 e. The second kappa shape index (κ2) is 9.03. The van der Waals surface area contributed by atoms with Crippen LogP contribution in [0.4, 0.5) is 0 Å². The van der Waals surface area contributed by atoms with Gasteiger partial charge < -0.3 is 10.1 Å². The summed E-state index contributed by atoms with van der Waals surface area (Å²) < 4.78 is 4.96. The Morgan fingerprint density at radius 1 is 1.24 bits per heavy atom. The van der Waals surface area contributed by atoms with E-state index in [1.165, 1.54) is 19.3 Å². The van der Waals surface area contributed by atoms with E-state index >= 15 is 0 Å². The molecular weight excluding hydrogens is 268 g/mol. The van der Waals surface area contributed by atoms with Gasteiger partial charge in [0.05, 0.1) is 19.7 Å². The zero-order valence-electron chi connectivity index (χ0n) is 13.9. The lowest BCUT2D eigenvalue weighted by Crippen LogP contribution is -2.48. The molecule has 1 saturated carbocycles. The number of carbonyl (C=O) groups excluding carboxylic acids is 2. The maximum absolute atomic E-state index is 12.2. The van der Waals surface area contributed by atoms with Crippen molar-refractivity contribution in [2.24, 2.45) is 5.92 Å². The predicted octanol–water partition coefficient (Wildman–Crippen LogP) is 1.95. The molecule has 0 spiro atoms. The van der Waals surface area contributed by atoms with Crippen molar-refractivity contribution in [2.45, 2.75) is 65.5 Å². The van der Waals surface area contributed by atoms with Crippen LogP contribution in [0.5, 0.6) is 0 Å². The molecule has 122 valence electrons. The summed E-state index contributed by atoms with van der Waals surface area (Å²) in [6, 6.07) is 0.409. The van der Waals surface area contributed by atoms with Crippen molar-refractivity contribution < 1.29 is 14.3 Å². The van der Waals surface area contributed by atoms with E-state index < -0.39 is 0 Å². The highest BCUT2D eigenvalue weighted by Crippen LogP contribution is 2.23. The van der Waals surface area contributed by atoms with Crippen LogP contribution in [0.3, 0.4) is 0 Å². The Balaban J connectivity index is 2.46. The average molecular weight is 298 g/mol. The number of hydrogen-bond acceptors (Lipinski definition) is 4. The van der Waals surface area contributed by atoms with Crippen molar-refractivity contribution in [1.82, 2.24) is 10.2 Å². The van der Waals surface area contributed by atoms with Crippen molar-refractivity contribution in [3.63, 3.8) is 0 Å². The highest BCUT2D eigenvalue weighted by atomic mass is 16.5. The molecule has 0 aromatic rings. The number of ether oxygens (including phenoxy) is 1. The number of nitrogens with one attached hydrogen (secondary N) is 1. The fourth-order valence-corrected chi connectivity index (χ4v) is 2.76. The van der Waals surface area contributed by atoms with Gasteiger partial charge in [0, 0.05) is 12.1 Å². The Hall–Kier alpha value is -1.10. The van der Waals surface area contributed by atoms with E-state index in [4.69, 9.17) is 4.74 Å². The lowest BCUT2D eigenvalue weighted by Gasteiger charge is -2.31. The first-order valence-corrected chi connectivity index (χ1v) is 8.13. The molecule has 1 fully saturated rings. The van der Waals surface area contributed by atoms with E-state index in [9.17, 15) is 9.59 Å². The summed E-state index contributed by atoms with van der Waals surface area (Å²) in [6.45, 7) is 8.73. The van der Waals surface area contributed by atoms with E-state index in [-0.39, 0.29) is 37.0 Å². The van der Waals surface area contributed by atoms with Gasteiger partial charge >= 0.3 is 5.97 Å². The molecule has 1 amide bonds. The molecule has 21 heavy (non-hydrogen) atoms. The zero-order chi connectivity index (χ0) is 15.8. The summed E-state index contributed by atoms with van der Waals surface area (Å²) in [5.41, 5.74) is 0. The molecule has 0 aromatic carbocycles. The Morgan fingerprint density at radius 3 is 2.48 bits per heavy atom. The second-order valence-electron chi connectivity index (χ2n) is 6.24. The Bertz CT molecular complexity index is 344. The zero-order valence-corrected chi connectivity index (χ0v) is 13.9. The quantitative estimate of drug-likeness (QED) is 0.730.